The molecule has 3 heteroatoms. The predicted molar refractivity (Wildman–Crippen MR) is 213 cm³/mol. The van der Waals surface area contributed by atoms with Crippen LogP contribution in [0.15, 0.2) is 186 Å². The van der Waals surface area contributed by atoms with E-state index in [0.717, 1.165) is 38.8 Å². The maximum atomic E-state index is 6.54. The Bertz CT molecular complexity index is 3050. The molecule has 0 N–H and O–H groups in total. The molecule has 0 fully saturated rings. The summed E-state index contributed by atoms with van der Waals surface area (Å²) < 4.78 is 11.2. The largest absolute Gasteiger partial charge is 0.454 e. The first kappa shape index (κ1) is 28.0. The summed E-state index contributed by atoms with van der Waals surface area (Å²) in [7, 11) is 0. The summed E-state index contributed by atoms with van der Waals surface area (Å²) in [6.45, 7) is 0. The van der Waals surface area contributed by atoms with Crippen molar-refractivity contribution in [2.45, 2.75) is 0 Å². The van der Waals surface area contributed by atoms with E-state index in [-0.39, 0.29) is 0 Å². The monoisotopic (exact) mass is 650 g/mol. The third-order valence-electron chi connectivity index (χ3n) is 10.6. The second-order valence-electron chi connectivity index (χ2n) is 13.3. The van der Waals surface area contributed by atoms with E-state index in [9.17, 15) is 0 Å². The molecule has 0 aliphatic heterocycles. The highest BCUT2D eigenvalue weighted by molar-refractivity contribution is 6.21. The Hall–Kier alpha value is -6.84. The molecule has 0 atom stereocenters. The predicted octanol–water partition coefficient (Wildman–Crippen LogP) is 13.1. The van der Waals surface area contributed by atoms with Crippen molar-refractivity contribution >= 4 is 65.6 Å². The van der Waals surface area contributed by atoms with Gasteiger partial charge in [0, 0.05) is 43.7 Å². The molecule has 238 valence electrons. The number of furan rings is 1. The maximum absolute atomic E-state index is 6.54. The van der Waals surface area contributed by atoms with Crippen molar-refractivity contribution < 1.29 is 4.42 Å². The molecular weight excluding hydrogens is 621 g/mol. The van der Waals surface area contributed by atoms with Crippen LogP contribution >= 0.6 is 0 Å². The quantitative estimate of drug-likeness (QED) is 0.186. The zero-order chi connectivity index (χ0) is 33.5. The van der Waals surface area contributed by atoms with Crippen molar-refractivity contribution in [1.82, 2.24) is 9.13 Å². The molecule has 8 aromatic carbocycles. The third kappa shape index (κ3) is 4.19. The van der Waals surface area contributed by atoms with Crippen molar-refractivity contribution in [3.63, 3.8) is 0 Å². The van der Waals surface area contributed by atoms with Crippen LogP contribution in [0.2, 0.25) is 0 Å². The highest BCUT2D eigenvalue weighted by atomic mass is 16.3. The van der Waals surface area contributed by atoms with E-state index in [4.69, 9.17) is 4.42 Å². The van der Waals surface area contributed by atoms with E-state index < -0.39 is 0 Å². The van der Waals surface area contributed by atoms with E-state index in [1.807, 2.05) is 6.07 Å². The van der Waals surface area contributed by atoms with Crippen molar-refractivity contribution in [3.05, 3.63) is 182 Å². The standard InChI is InChI=1S/C48H30N2O/c1-5-13-43-37(9-1)38-10-2-6-14-44(38)49(43)35-25-21-33(22-26-35)31-17-19-32(20-18-31)34-23-27-36(28-24-34)50-45-15-7-3-11-39(45)41-29-30-42-40-12-4-8-16-46(40)51-48(42)47(41)50/h1-30H. The molecule has 0 saturated carbocycles. The van der Waals surface area contributed by atoms with Gasteiger partial charge >= 0.3 is 0 Å². The van der Waals surface area contributed by atoms with E-state index >= 15 is 0 Å². The van der Waals surface area contributed by atoms with E-state index in [1.54, 1.807) is 0 Å². The molecule has 0 unspecified atom stereocenters. The van der Waals surface area contributed by atoms with Gasteiger partial charge in [-0.2, -0.15) is 0 Å². The molecular formula is C48H30N2O. The number of hydrogen-bond donors (Lipinski definition) is 0. The van der Waals surface area contributed by atoms with E-state index in [2.05, 4.69) is 185 Å². The lowest BCUT2D eigenvalue weighted by Crippen LogP contribution is -1.94. The Labute approximate surface area is 293 Å². The lowest BCUT2D eigenvalue weighted by molar-refractivity contribution is 0.671. The van der Waals surface area contributed by atoms with Crippen LogP contribution in [0.1, 0.15) is 0 Å². The average molecular weight is 651 g/mol. The molecule has 51 heavy (non-hydrogen) atoms. The summed E-state index contributed by atoms with van der Waals surface area (Å²) in [5.74, 6) is 0. The third-order valence-corrected chi connectivity index (χ3v) is 10.6. The average Bonchev–Trinajstić information content (AvgIpc) is 3.86. The molecule has 0 aliphatic carbocycles. The molecule has 11 aromatic rings. The van der Waals surface area contributed by atoms with Crippen LogP contribution in [0, 0.1) is 0 Å². The summed E-state index contributed by atoms with van der Waals surface area (Å²) in [5.41, 5.74) is 13.6. The summed E-state index contributed by atoms with van der Waals surface area (Å²) in [6.07, 6.45) is 0. The van der Waals surface area contributed by atoms with Gasteiger partial charge in [-0.3, -0.25) is 0 Å². The molecule has 3 heterocycles. The summed E-state index contributed by atoms with van der Waals surface area (Å²) in [5, 5.41) is 7.25. The fourth-order valence-electron chi connectivity index (χ4n) is 8.16. The highest BCUT2D eigenvalue weighted by Crippen LogP contribution is 2.40. The van der Waals surface area contributed by atoms with Crippen LogP contribution in [-0.4, -0.2) is 9.13 Å². The molecule has 0 amide bonds. The van der Waals surface area contributed by atoms with Crippen LogP contribution in [0.3, 0.4) is 0 Å². The molecule has 0 bridgehead atoms. The van der Waals surface area contributed by atoms with Crippen molar-refractivity contribution in [2.75, 3.05) is 0 Å². The number of rotatable bonds is 4. The Kier molecular flexibility index (Phi) is 5.96. The number of aromatic nitrogens is 2. The van der Waals surface area contributed by atoms with E-state index in [0.29, 0.717) is 0 Å². The Morgan fingerprint density at radius 1 is 0.294 bits per heavy atom. The molecule has 11 rings (SSSR count). The summed E-state index contributed by atoms with van der Waals surface area (Å²) in [6, 6.07) is 65.4. The van der Waals surface area contributed by atoms with Crippen LogP contribution < -0.4 is 0 Å². The SMILES string of the molecule is c1ccc2c(c1)oc1c2ccc2c3ccccc3n(-c3ccc(-c4ccc(-c5ccc(-n6c7ccccc7c7ccccc76)cc5)cc4)cc3)c21. The van der Waals surface area contributed by atoms with Crippen molar-refractivity contribution in [1.29, 1.82) is 0 Å². The van der Waals surface area contributed by atoms with Gasteiger partial charge in [0.15, 0.2) is 5.58 Å². The molecule has 3 nitrogen and oxygen atoms in total. The van der Waals surface area contributed by atoms with Crippen LogP contribution in [0.4, 0.5) is 0 Å². The molecule has 0 radical (unpaired) electrons. The van der Waals surface area contributed by atoms with Gasteiger partial charge in [-0.05, 0) is 76.9 Å². The van der Waals surface area contributed by atoms with Crippen LogP contribution in [-0.2, 0) is 0 Å². The first-order valence-electron chi connectivity index (χ1n) is 17.4. The fourth-order valence-corrected chi connectivity index (χ4v) is 8.16. The molecule has 3 aromatic heterocycles. The Morgan fingerprint density at radius 3 is 1.24 bits per heavy atom. The Balaban J connectivity index is 0.938. The normalized spacial score (nSPS) is 11.9. The van der Waals surface area contributed by atoms with Gasteiger partial charge in [-0.25, -0.2) is 0 Å². The first-order chi connectivity index (χ1) is 25.3. The highest BCUT2D eigenvalue weighted by Gasteiger charge is 2.19. The number of para-hydroxylation sites is 4. The smallest absolute Gasteiger partial charge is 0.160 e. The zero-order valence-corrected chi connectivity index (χ0v) is 27.6. The number of benzene rings is 8. The zero-order valence-electron chi connectivity index (χ0n) is 27.6. The minimum absolute atomic E-state index is 0.912. The summed E-state index contributed by atoms with van der Waals surface area (Å²) in [4.78, 5) is 0. The van der Waals surface area contributed by atoms with Gasteiger partial charge in [-0.15, -0.1) is 0 Å². The second kappa shape index (κ2) is 10.8. The number of hydrogen-bond acceptors (Lipinski definition) is 1. The minimum Gasteiger partial charge on any atom is -0.454 e. The minimum atomic E-state index is 0.912. The number of fused-ring (bicyclic) bond motifs is 10. The van der Waals surface area contributed by atoms with Crippen LogP contribution in [0.5, 0.6) is 0 Å². The maximum Gasteiger partial charge on any atom is 0.160 e. The van der Waals surface area contributed by atoms with Gasteiger partial charge in [-0.1, -0.05) is 127 Å². The fraction of sp³-hybridized carbons (Fsp3) is 0. The second-order valence-corrected chi connectivity index (χ2v) is 13.3. The van der Waals surface area contributed by atoms with Gasteiger partial charge in [0.25, 0.3) is 0 Å². The van der Waals surface area contributed by atoms with Gasteiger partial charge in [0.05, 0.1) is 22.1 Å². The topological polar surface area (TPSA) is 23.0 Å². The van der Waals surface area contributed by atoms with Gasteiger partial charge in [0.2, 0.25) is 0 Å². The van der Waals surface area contributed by atoms with Crippen molar-refractivity contribution in [3.8, 4) is 33.6 Å². The number of nitrogens with zero attached hydrogens (tertiary/aromatic N) is 2. The summed E-state index contributed by atoms with van der Waals surface area (Å²) >= 11 is 0. The van der Waals surface area contributed by atoms with Gasteiger partial charge in [0.1, 0.15) is 5.58 Å². The molecule has 0 spiro atoms. The molecule has 0 aliphatic rings. The molecule has 0 saturated heterocycles. The van der Waals surface area contributed by atoms with Crippen LogP contribution in [0.25, 0.3) is 99.2 Å². The van der Waals surface area contributed by atoms with Gasteiger partial charge < -0.3 is 13.6 Å². The lowest BCUT2D eigenvalue weighted by Gasteiger charge is -2.11. The van der Waals surface area contributed by atoms with Crippen molar-refractivity contribution in [2.24, 2.45) is 0 Å². The Morgan fingerprint density at radius 2 is 0.686 bits per heavy atom. The lowest BCUT2D eigenvalue weighted by atomic mass is 10.00. The van der Waals surface area contributed by atoms with E-state index in [1.165, 1.54) is 60.3 Å². The first-order valence-corrected chi connectivity index (χ1v) is 17.4.